The molecule has 2 rings (SSSR count). The Balaban J connectivity index is 2.08. The first kappa shape index (κ1) is 16.7. The molecule has 0 spiro atoms. The summed E-state index contributed by atoms with van der Waals surface area (Å²) in [5, 5.41) is 0. The molecule has 1 aromatic heterocycles. The fraction of sp³-hybridized carbons (Fsp3) is 0.571. The van der Waals surface area contributed by atoms with E-state index < -0.39 is 10.7 Å². The van der Waals surface area contributed by atoms with E-state index in [2.05, 4.69) is 16.5 Å². The molecular formula is C14H22N4O3S. The molecule has 0 atom stereocenters. The van der Waals surface area contributed by atoms with Gasteiger partial charge in [0.1, 0.15) is 0 Å². The summed E-state index contributed by atoms with van der Waals surface area (Å²) in [5.74, 6) is 1.24. The highest BCUT2D eigenvalue weighted by Gasteiger charge is 2.20. The topological polar surface area (TPSA) is 75.6 Å². The summed E-state index contributed by atoms with van der Waals surface area (Å²) in [4.78, 5) is 12.8. The van der Waals surface area contributed by atoms with E-state index in [0.29, 0.717) is 38.0 Å². The highest BCUT2D eigenvalue weighted by molar-refractivity contribution is 7.72. The molecule has 0 unspecified atom stereocenters. The molecule has 1 aromatic rings. The number of aromatic nitrogens is 2. The molecule has 1 aliphatic heterocycles. The van der Waals surface area contributed by atoms with Crippen molar-refractivity contribution < 1.29 is 13.2 Å². The first-order valence-electron chi connectivity index (χ1n) is 7.25. The van der Waals surface area contributed by atoms with Gasteiger partial charge in [-0.05, 0) is 13.8 Å². The lowest BCUT2D eigenvalue weighted by Gasteiger charge is -2.33. The Morgan fingerprint density at radius 2 is 2.05 bits per heavy atom. The minimum atomic E-state index is -2.37. The number of hydrogen-bond acceptors (Lipinski definition) is 7. The van der Waals surface area contributed by atoms with Crippen molar-refractivity contribution >= 4 is 22.7 Å². The number of ether oxygens (including phenoxy) is 1. The second kappa shape index (κ2) is 7.55. The van der Waals surface area contributed by atoms with E-state index in [9.17, 15) is 8.42 Å². The Morgan fingerprint density at radius 3 is 2.59 bits per heavy atom. The van der Waals surface area contributed by atoms with Gasteiger partial charge in [-0.15, -0.1) is 0 Å². The van der Waals surface area contributed by atoms with Crippen LogP contribution >= 0.6 is 0 Å². The number of anilines is 1. The third kappa shape index (κ3) is 4.41. The van der Waals surface area contributed by atoms with E-state index in [1.807, 2.05) is 23.6 Å². The number of thiol groups is 1. The molecule has 0 bridgehead atoms. The van der Waals surface area contributed by atoms with Gasteiger partial charge >= 0.3 is 0 Å². The van der Waals surface area contributed by atoms with E-state index in [4.69, 9.17) is 4.74 Å². The Bertz CT molecular complexity index is 588. The fourth-order valence-corrected chi connectivity index (χ4v) is 2.84. The van der Waals surface area contributed by atoms with Gasteiger partial charge in [0.25, 0.3) is 0 Å². The van der Waals surface area contributed by atoms with Crippen LogP contribution in [-0.4, -0.2) is 61.4 Å². The van der Waals surface area contributed by atoms with Crippen LogP contribution in [0.4, 0.5) is 5.95 Å². The number of piperazine rings is 1. The molecule has 1 fully saturated rings. The lowest BCUT2D eigenvalue weighted by Crippen LogP contribution is -2.47. The summed E-state index contributed by atoms with van der Waals surface area (Å²) in [6.07, 6.45) is 3.39. The third-order valence-electron chi connectivity index (χ3n) is 3.31. The maximum Gasteiger partial charge on any atom is 0.228 e. The van der Waals surface area contributed by atoms with Crippen LogP contribution in [-0.2, 0) is 10.7 Å². The molecule has 0 radical (unpaired) electrons. The van der Waals surface area contributed by atoms with Crippen LogP contribution in [0.1, 0.15) is 19.4 Å². The summed E-state index contributed by atoms with van der Waals surface area (Å²) in [6.45, 7) is 10.4. The van der Waals surface area contributed by atoms with Crippen LogP contribution in [0, 0.1) is 0 Å². The molecule has 22 heavy (non-hydrogen) atoms. The summed E-state index contributed by atoms with van der Waals surface area (Å²) in [7, 11) is -2.37. The second-order valence-corrected chi connectivity index (χ2v) is 6.33. The van der Waals surface area contributed by atoms with Crippen molar-refractivity contribution in [2.45, 2.75) is 20.0 Å². The molecule has 8 heteroatoms. The van der Waals surface area contributed by atoms with Crippen LogP contribution in [0.15, 0.2) is 12.8 Å². The zero-order valence-electron chi connectivity index (χ0n) is 12.9. The average Bonchev–Trinajstić information content (AvgIpc) is 2.47. The fourth-order valence-electron chi connectivity index (χ4n) is 2.23. The summed E-state index contributed by atoms with van der Waals surface area (Å²) in [6, 6.07) is 0. The molecule has 1 saturated heterocycles. The Hall–Kier alpha value is -1.67. The molecular weight excluding hydrogens is 304 g/mol. The van der Waals surface area contributed by atoms with Crippen LogP contribution < -0.4 is 9.64 Å². The normalized spacial score (nSPS) is 16.3. The van der Waals surface area contributed by atoms with Crippen molar-refractivity contribution in [2.75, 3.05) is 37.0 Å². The first-order valence-corrected chi connectivity index (χ1v) is 8.61. The van der Waals surface area contributed by atoms with Crippen LogP contribution in [0.3, 0.4) is 0 Å². The van der Waals surface area contributed by atoms with Gasteiger partial charge in [0.15, 0.2) is 10.7 Å². The largest absolute Gasteiger partial charge is 0.474 e. The smallest absolute Gasteiger partial charge is 0.228 e. The summed E-state index contributed by atoms with van der Waals surface area (Å²) in [5.41, 5.74) is 0.763. The van der Waals surface area contributed by atoms with Gasteiger partial charge < -0.3 is 9.64 Å². The van der Waals surface area contributed by atoms with Crippen molar-refractivity contribution in [1.82, 2.24) is 14.9 Å². The van der Waals surface area contributed by atoms with Crippen LogP contribution in [0.25, 0.3) is 6.08 Å². The maximum absolute atomic E-state index is 10.8. The highest BCUT2D eigenvalue weighted by atomic mass is 32.2. The van der Waals surface area contributed by atoms with Gasteiger partial charge in [-0.3, -0.25) is 4.90 Å². The van der Waals surface area contributed by atoms with Crippen molar-refractivity contribution in [2.24, 2.45) is 0 Å². The average molecular weight is 326 g/mol. The maximum atomic E-state index is 10.8. The van der Waals surface area contributed by atoms with E-state index in [1.54, 1.807) is 12.3 Å². The van der Waals surface area contributed by atoms with E-state index in [1.165, 1.54) is 0 Å². The molecule has 0 aliphatic carbocycles. The monoisotopic (exact) mass is 326 g/mol. The van der Waals surface area contributed by atoms with E-state index >= 15 is 0 Å². The van der Waals surface area contributed by atoms with E-state index in [-0.39, 0.29) is 12.0 Å². The molecule has 2 heterocycles. The van der Waals surface area contributed by atoms with Crippen LogP contribution in [0.2, 0.25) is 0 Å². The van der Waals surface area contributed by atoms with Gasteiger partial charge in [-0.2, -0.15) is 4.98 Å². The first-order chi connectivity index (χ1) is 10.5. The Morgan fingerprint density at radius 1 is 1.36 bits per heavy atom. The quantitative estimate of drug-likeness (QED) is 0.767. The predicted molar refractivity (Wildman–Crippen MR) is 86.9 cm³/mol. The lowest BCUT2D eigenvalue weighted by atomic mass is 10.3. The van der Waals surface area contributed by atoms with Crippen molar-refractivity contribution in [1.29, 1.82) is 0 Å². The molecule has 0 aromatic carbocycles. The standard InChI is InChI=1S/C14H22N4O3S/c1-4-12-9-15-14(16-13(12)21-11(2)3)18-7-5-17(6-8-18)10-22(19)20/h4,9,11,22H,1,5-8,10H2,2-3H3. The van der Waals surface area contributed by atoms with Crippen molar-refractivity contribution in [3.05, 3.63) is 18.3 Å². The van der Waals surface area contributed by atoms with Gasteiger partial charge in [0.2, 0.25) is 11.8 Å². The van der Waals surface area contributed by atoms with E-state index in [0.717, 1.165) is 5.56 Å². The van der Waals surface area contributed by atoms with Gasteiger partial charge in [-0.1, -0.05) is 12.7 Å². The van der Waals surface area contributed by atoms with Crippen LogP contribution in [0.5, 0.6) is 5.88 Å². The molecule has 122 valence electrons. The minimum absolute atomic E-state index is 0.0200. The van der Waals surface area contributed by atoms with Gasteiger partial charge in [0, 0.05) is 32.4 Å². The van der Waals surface area contributed by atoms with Crippen molar-refractivity contribution in [3.8, 4) is 5.88 Å². The van der Waals surface area contributed by atoms with Crippen molar-refractivity contribution in [3.63, 3.8) is 0 Å². The second-order valence-electron chi connectivity index (χ2n) is 5.38. The summed E-state index contributed by atoms with van der Waals surface area (Å²) < 4.78 is 27.2. The molecule has 7 nitrogen and oxygen atoms in total. The number of nitrogens with zero attached hydrogens (tertiary/aromatic N) is 4. The Kier molecular flexibility index (Phi) is 5.73. The minimum Gasteiger partial charge on any atom is -0.474 e. The molecule has 1 aliphatic rings. The number of rotatable bonds is 6. The third-order valence-corrected chi connectivity index (χ3v) is 3.94. The number of hydrogen-bond donors (Lipinski definition) is 1. The van der Waals surface area contributed by atoms with Gasteiger partial charge in [0.05, 0.1) is 17.5 Å². The molecule has 0 N–H and O–H groups in total. The zero-order chi connectivity index (χ0) is 16.1. The SMILES string of the molecule is C=Cc1cnc(N2CCN(C[SH](=O)=O)CC2)nc1OC(C)C. The lowest BCUT2D eigenvalue weighted by molar-refractivity contribution is 0.231. The molecule has 0 amide bonds. The summed E-state index contributed by atoms with van der Waals surface area (Å²) >= 11 is 0. The predicted octanol–water partition coefficient (Wildman–Crippen LogP) is 0.598. The van der Waals surface area contributed by atoms with Gasteiger partial charge in [-0.25, -0.2) is 13.4 Å². The Labute approximate surface area is 132 Å². The molecule has 0 saturated carbocycles. The zero-order valence-corrected chi connectivity index (χ0v) is 13.8. The highest BCUT2D eigenvalue weighted by Crippen LogP contribution is 2.21.